The van der Waals surface area contributed by atoms with Gasteiger partial charge >= 0.3 is 6.18 Å². The number of rotatable bonds is 4. The number of hydrogen-bond acceptors (Lipinski definition) is 3. The summed E-state index contributed by atoms with van der Waals surface area (Å²) in [5.74, 6) is 0.0120. The van der Waals surface area contributed by atoms with Crippen molar-refractivity contribution in [2.45, 2.75) is 19.1 Å². The third-order valence-corrected chi connectivity index (χ3v) is 2.38. The first-order chi connectivity index (χ1) is 7.86. The fourth-order valence-electron chi connectivity index (χ4n) is 1.28. The predicted molar refractivity (Wildman–Crippen MR) is 58.5 cm³/mol. The van der Waals surface area contributed by atoms with E-state index in [9.17, 15) is 18.0 Å². The van der Waals surface area contributed by atoms with Crippen LogP contribution in [0.2, 0.25) is 0 Å². The monoisotopic (exact) mass is 267 g/mol. The molecular formula is C9H12F3N3OS. The molecule has 1 aromatic heterocycles. The molecule has 0 aromatic carbocycles. The number of nitrogens with one attached hydrogen (secondary N) is 1. The summed E-state index contributed by atoms with van der Waals surface area (Å²) in [7, 11) is 1.40. The molecule has 0 bridgehead atoms. The van der Waals surface area contributed by atoms with Gasteiger partial charge in [-0.05, 0) is 5.75 Å². The molecule has 0 spiro atoms. The van der Waals surface area contributed by atoms with Gasteiger partial charge in [-0.2, -0.15) is 30.9 Å². The second-order valence-electron chi connectivity index (χ2n) is 3.38. The van der Waals surface area contributed by atoms with Gasteiger partial charge in [0.25, 0.3) is 0 Å². The van der Waals surface area contributed by atoms with Gasteiger partial charge in [0.05, 0.1) is 24.0 Å². The summed E-state index contributed by atoms with van der Waals surface area (Å²) in [4.78, 5) is 11.1. The summed E-state index contributed by atoms with van der Waals surface area (Å²) < 4.78 is 38.8. The lowest BCUT2D eigenvalue weighted by molar-refractivity contribution is -0.138. The lowest BCUT2D eigenvalue weighted by atomic mass is 10.2. The Labute approximate surface area is 102 Å². The van der Waals surface area contributed by atoms with Crippen LogP contribution in [0.5, 0.6) is 0 Å². The van der Waals surface area contributed by atoms with Gasteiger partial charge < -0.3 is 5.32 Å². The molecule has 1 amide bonds. The van der Waals surface area contributed by atoms with Crippen molar-refractivity contribution in [3.63, 3.8) is 0 Å². The number of hydrogen-bond donors (Lipinski definition) is 2. The normalized spacial score (nSPS) is 11.6. The van der Waals surface area contributed by atoms with Crippen molar-refractivity contribution in [1.29, 1.82) is 0 Å². The van der Waals surface area contributed by atoms with Crippen LogP contribution in [0.25, 0.3) is 0 Å². The van der Waals surface area contributed by atoms with E-state index in [1.54, 1.807) is 0 Å². The molecule has 1 rings (SSSR count). The van der Waals surface area contributed by atoms with Gasteiger partial charge in [0.1, 0.15) is 0 Å². The second-order valence-corrected chi connectivity index (χ2v) is 3.82. The molecule has 0 atom stereocenters. The molecule has 0 saturated heterocycles. The van der Waals surface area contributed by atoms with Crippen molar-refractivity contribution in [3.05, 3.63) is 17.5 Å². The molecule has 1 aromatic rings. The maximum absolute atomic E-state index is 12.6. The summed E-state index contributed by atoms with van der Waals surface area (Å²) in [5.41, 5.74) is -0.892. The van der Waals surface area contributed by atoms with E-state index in [4.69, 9.17) is 0 Å². The minimum absolute atomic E-state index is 0.0648. The lowest BCUT2D eigenvalue weighted by Crippen LogP contribution is -2.25. The van der Waals surface area contributed by atoms with Crippen LogP contribution < -0.4 is 5.32 Å². The number of alkyl halides is 3. The average Bonchev–Trinajstić information content (AvgIpc) is 2.57. The fraction of sp³-hybridized carbons (Fsp3) is 0.556. The van der Waals surface area contributed by atoms with Gasteiger partial charge in [-0.1, -0.05) is 0 Å². The molecule has 8 heteroatoms. The minimum atomic E-state index is -4.46. The van der Waals surface area contributed by atoms with Gasteiger partial charge in [0.15, 0.2) is 0 Å². The Bertz CT molecular complexity index is 403. The molecule has 0 aliphatic rings. The Morgan fingerprint density at radius 1 is 1.59 bits per heavy atom. The molecule has 1 heterocycles. The van der Waals surface area contributed by atoms with Crippen LogP contribution in [-0.4, -0.2) is 21.4 Å². The Hall–Kier alpha value is -1.18. The number of nitrogens with zero attached hydrogens (tertiary/aromatic N) is 2. The van der Waals surface area contributed by atoms with E-state index >= 15 is 0 Å². The number of carbonyl (C=O) groups is 1. The zero-order valence-corrected chi connectivity index (χ0v) is 9.98. The van der Waals surface area contributed by atoms with Crippen molar-refractivity contribution in [3.8, 4) is 0 Å². The van der Waals surface area contributed by atoms with Crippen molar-refractivity contribution in [1.82, 2.24) is 15.1 Å². The first kappa shape index (κ1) is 13.9. The average molecular weight is 267 g/mol. The number of halogens is 3. The number of aromatic nitrogens is 2. The number of carbonyl (C=O) groups excluding carboxylic acids is 1. The SMILES string of the molecule is Cn1ncc(C(F)(F)F)c1CNC(=O)CCS. The first-order valence-electron chi connectivity index (χ1n) is 4.82. The second kappa shape index (κ2) is 5.44. The van der Waals surface area contributed by atoms with Crippen LogP contribution in [-0.2, 0) is 24.6 Å². The lowest BCUT2D eigenvalue weighted by Gasteiger charge is -2.10. The van der Waals surface area contributed by atoms with E-state index in [2.05, 4.69) is 23.0 Å². The van der Waals surface area contributed by atoms with Crippen LogP contribution in [0.15, 0.2) is 6.20 Å². The summed E-state index contributed by atoms with van der Waals surface area (Å²) in [5, 5.41) is 5.93. The maximum Gasteiger partial charge on any atom is 0.419 e. The van der Waals surface area contributed by atoms with E-state index in [0.717, 1.165) is 10.9 Å². The first-order valence-corrected chi connectivity index (χ1v) is 5.45. The van der Waals surface area contributed by atoms with Gasteiger partial charge in [0.2, 0.25) is 5.91 Å². The molecule has 0 aliphatic heterocycles. The van der Waals surface area contributed by atoms with E-state index in [0.29, 0.717) is 5.75 Å². The van der Waals surface area contributed by atoms with Gasteiger partial charge in [0, 0.05) is 13.5 Å². The maximum atomic E-state index is 12.6. The van der Waals surface area contributed by atoms with Crippen LogP contribution in [0.4, 0.5) is 13.2 Å². The third-order valence-electron chi connectivity index (χ3n) is 2.16. The Morgan fingerprint density at radius 3 is 2.76 bits per heavy atom. The molecule has 96 valence electrons. The van der Waals surface area contributed by atoms with Crippen LogP contribution in [0.3, 0.4) is 0 Å². The van der Waals surface area contributed by atoms with E-state index in [1.165, 1.54) is 7.05 Å². The van der Waals surface area contributed by atoms with Gasteiger partial charge in [-0.15, -0.1) is 0 Å². The molecule has 17 heavy (non-hydrogen) atoms. The Kier molecular flexibility index (Phi) is 4.44. The topological polar surface area (TPSA) is 46.9 Å². The largest absolute Gasteiger partial charge is 0.419 e. The molecule has 4 nitrogen and oxygen atoms in total. The highest BCUT2D eigenvalue weighted by Gasteiger charge is 2.35. The Balaban J connectivity index is 2.77. The highest BCUT2D eigenvalue weighted by atomic mass is 32.1. The standard InChI is InChI=1S/C9H12F3N3OS/c1-15-7(5-13-8(16)2-3-17)6(4-14-15)9(10,11)12/h4,17H,2-3,5H2,1H3,(H,13,16). The summed E-state index contributed by atoms with van der Waals surface area (Å²) in [6.07, 6.45) is -3.54. The zero-order valence-electron chi connectivity index (χ0n) is 9.08. The molecule has 0 unspecified atom stereocenters. The highest BCUT2D eigenvalue weighted by molar-refractivity contribution is 7.80. The van der Waals surface area contributed by atoms with E-state index in [-0.39, 0.29) is 24.6 Å². The smallest absolute Gasteiger partial charge is 0.350 e. The van der Waals surface area contributed by atoms with E-state index in [1.807, 2.05) is 0 Å². The predicted octanol–water partition coefficient (Wildman–Crippen LogP) is 1.38. The quantitative estimate of drug-likeness (QED) is 0.810. The number of aryl methyl sites for hydroxylation is 1. The molecule has 1 N–H and O–H groups in total. The van der Waals surface area contributed by atoms with Crippen LogP contribution in [0.1, 0.15) is 17.7 Å². The van der Waals surface area contributed by atoms with Crippen molar-refractivity contribution in [2.75, 3.05) is 5.75 Å². The number of thiol groups is 1. The van der Waals surface area contributed by atoms with Crippen molar-refractivity contribution >= 4 is 18.5 Å². The fourth-order valence-corrected chi connectivity index (χ4v) is 1.48. The third kappa shape index (κ3) is 3.65. The molecule has 0 fully saturated rings. The van der Waals surface area contributed by atoms with Crippen molar-refractivity contribution in [2.24, 2.45) is 7.05 Å². The summed E-state index contributed by atoms with van der Waals surface area (Å²) >= 11 is 3.86. The van der Waals surface area contributed by atoms with Crippen molar-refractivity contribution < 1.29 is 18.0 Å². The van der Waals surface area contributed by atoms with Crippen LogP contribution in [0, 0.1) is 0 Å². The molecule has 0 saturated carbocycles. The zero-order chi connectivity index (χ0) is 13.1. The summed E-state index contributed by atoms with van der Waals surface area (Å²) in [6.45, 7) is -0.196. The van der Waals surface area contributed by atoms with Crippen LogP contribution >= 0.6 is 12.6 Å². The Morgan fingerprint density at radius 2 is 2.24 bits per heavy atom. The minimum Gasteiger partial charge on any atom is -0.350 e. The summed E-state index contributed by atoms with van der Waals surface area (Å²) in [6, 6.07) is 0. The molecule has 0 radical (unpaired) electrons. The molecule has 0 aliphatic carbocycles. The number of amides is 1. The van der Waals surface area contributed by atoms with E-state index < -0.39 is 11.7 Å². The highest BCUT2D eigenvalue weighted by Crippen LogP contribution is 2.31. The van der Waals surface area contributed by atoms with Gasteiger partial charge in [-0.25, -0.2) is 0 Å². The van der Waals surface area contributed by atoms with Gasteiger partial charge in [-0.3, -0.25) is 9.48 Å². The molecular weight excluding hydrogens is 255 g/mol.